The molecule has 0 radical (unpaired) electrons. The highest BCUT2D eigenvalue weighted by atomic mass is 16.6. The van der Waals surface area contributed by atoms with Crippen molar-refractivity contribution in [1.29, 1.82) is 0 Å². The molecule has 3 aliphatic heterocycles. The Morgan fingerprint density at radius 2 is 1.86 bits per heavy atom. The summed E-state index contributed by atoms with van der Waals surface area (Å²) in [6.07, 6.45) is 4.65. The topological polar surface area (TPSA) is 59.0 Å². The van der Waals surface area contributed by atoms with Crippen molar-refractivity contribution in [3.63, 3.8) is 0 Å². The highest BCUT2D eigenvalue weighted by molar-refractivity contribution is 5.94. The summed E-state index contributed by atoms with van der Waals surface area (Å²) in [5.41, 5.74) is -0.233. The van der Waals surface area contributed by atoms with Gasteiger partial charge in [0.15, 0.2) is 0 Å². The van der Waals surface area contributed by atoms with Crippen LogP contribution >= 0.6 is 0 Å². The molecule has 0 saturated carbocycles. The Bertz CT molecular complexity index is 705. The number of likely N-dealkylation sites (tertiary alicyclic amines) is 1. The van der Waals surface area contributed by atoms with Gasteiger partial charge in [0.05, 0.1) is 30.0 Å². The van der Waals surface area contributed by atoms with Crippen molar-refractivity contribution in [3.8, 4) is 0 Å². The van der Waals surface area contributed by atoms with Crippen LogP contribution in [0.2, 0.25) is 0 Å². The fourth-order valence-corrected chi connectivity index (χ4v) is 5.07. The lowest BCUT2D eigenvalue weighted by molar-refractivity contribution is -0.155. The van der Waals surface area contributed by atoms with Crippen molar-refractivity contribution in [2.24, 2.45) is 5.41 Å². The van der Waals surface area contributed by atoms with E-state index in [9.17, 15) is 9.90 Å². The molecule has 1 N–H and O–H groups in total. The number of ether oxygens (including phenoxy) is 2. The Hall–Kier alpha value is -1.43. The smallest absolute Gasteiger partial charge is 0.253 e. The predicted octanol–water partition coefficient (Wildman–Crippen LogP) is 3.41. The van der Waals surface area contributed by atoms with E-state index in [4.69, 9.17) is 9.47 Å². The van der Waals surface area contributed by atoms with Crippen LogP contribution in [0.15, 0.2) is 30.3 Å². The number of amides is 1. The molecule has 0 bridgehead atoms. The summed E-state index contributed by atoms with van der Waals surface area (Å²) in [6.45, 7) is 8.09. The normalized spacial score (nSPS) is 32.8. The molecular formula is C23H33NO4. The number of aliphatic hydroxyl groups is 1. The SMILES string of the molecule is CC(C)(O)[C@@H]1CC[C@](C)([C@@H]2CC3(CCN(C(=O)c4ccccc4)CC3)CO2)O1. The average molecular weight is 388 g/mol. The van der Waals surface area contributed by atoms with Gasteiger partial charge in [0.1, 0.15) is 0 Å². The van der Waals surface area contributed by atoms with Gasteiger partial charge in [-0.1, -0.05) is 18.2 Å². The van der Waals surface area contributed by atoms with Gasteiger partial charge in [-0.05, 0) is 70.4 Å². The molecular weight excluding hydrogens is 354 g/mol. The predicted molar refractivity (Wildman–Crippen MR) is 107 cm³/mol. The second-order valence-corrected chi connectivity index (χ2v) is 9.77. The van der Waals surface area contributed by atoms with Crippen LogP contribution in [0, 0.1) is 5.41 Å². The summed E-state index contributed by atoms with van der Waals surface area (Å²) < 4.78 is 12.6. The van der Waals surface area contributed by atoms with Gasteiger partial charge >= 0.3 is 0 Å². The highest BCUT2D eigenvalue weighted by Gasteiger charge is 2.53. The minimum atomic E-state index is -0.822. The van der Waals surface area contributed by atoms with Gasteiger partial charge in [-0.25, -0.2) is 0 Å². The first kappa shape index (κ1) is 19.9. The maximum absolute atomic E-state index is 12.7. The zero-order chi connectivity index (χ0) is 20.0. The van der Waals surface area contributed by atoms with Crippen LogP contribution in [0.25, 0.3) is 0 Å². The number of carbonyl (C=O) groups excluding carboxylic acids is 1. The van der Waals surface area contributed by atoms with Crippen LogP contribution in [-0.2, 0) is 9.47 Å². The zero-order valence-electron chi connectivity index (χ0n) is 17.3. The number of piperidine rings is 1. The standard InChI is InChI=1S/C23H33NO4/c1-21(2,26)18-9-10-22(3,28-18)19-15-23(16-27-19)11-13-24(14-12-23)20(25)17-7-5-4-6-8-17/h4-8,18-19,26H,9-16H2,1-3H3/t18-,19-,22+/m0/s1. The minimum Gasteiger partial charge on any atom is -0.388 e. The fourth-order valence-electron chi connectivity index (χ4n) is 5.07. The van der Waals surface area contributed by atoms with Gasteiger partial charge in [0.25, 0.3) is 5.91 Å². The molecule has 3 aliphatic rings. The molecule has 4 rings (SSSR count). The van der Waals surface area contributed by atoms with E-state index in [2.05, 4.69) is 6.92 Å². The first-order valence-electron chi connectivity index (χ1n) is 10.6. The molecule has 0 unspecified atom stereocenters. The molecule has 1 spiro atoms. The number of hydrogen-bond donors (Lipinski definition) is 1. The van der Waals surface area contributed by atoms with Crippen LogP contribution in [0.1, 0.15) is 63.2 Å². The largest absolute Gasteiger partial charge is 0.388 e. The third kappa shape index (κ3) is 3.72. The van der Waals surface area contributed by atoms with E-state index in [0.717, 1.165) is 57.4 Å². The van der Waals surface area contributed by atoms with Gasteiger partial charge in [-0.3, -0.25) is 4.79 Å². The van der Waals surface area contributed by atoms with E-state index in [-0.39, 0.29) is 29.1 Å². The Morgan fingerprint density at radius 1 is 1.18 bits per heavy atom. The molecule has 3 saturated heterocycles. The quantitative estimate of drug-likeness (QED) is 0.864. The lowest BCUT2D eigenvalue weighted by Gasteiger charge is -2.39. The van der Waals surface area contributed by atoms with Crippen LogP contribution in [0.5, 0.6) is 0 Å². The Kier molecular flexibility index (Phi) is 5.05. The summed E-state index contributed by atoms with van der Waals surface area (Å²) in [4.78, 5) is 14.7. The molecule has 3 heterocycles. The Balaban J connectivity index is 1.36. The second-order valence-electron chi connectivity index (χ2n) is 9.77. The monoisotopic (exact) mass is 387 g/mol. The van der Waals surface area contributed by atoms with E-state index in [1.54, 1.807) is 0 Å². The summed E-state index contributed by atoms with van der Waals surface area (Å²) >= 11 is 0. The first-order chi connectivity index (χ1) is 13.2. The highest BCUT2D eigenvalue weighted by Crippen LogP contribution is 2.49. The molecule has 5 heteroatoms. The second kappa shape index (κ2) is 7.12. The van der Waals surface area contributed by atoms with Crippen molar-refractivity contribution >= 4 is 5.91 Å². The number of benzene rings is 1. The zero-order valence-corrected chi connectivity index (χ0v) is 17.3. The van der Waals surface area contributed by atoms with Gasteiger partial charge in [-0.15, -0.1) is 0 Å². The van der Waals surface area contributed by atoms with Crippen LogP contribution in [0.4, 0.5) is 0 Å². The number of nitrogens with zero attached hydrogens (tertiary/aromatic N) is 1. The Morgan fingerprint density at radius 3 is 2.46 bits per heavy atom. The van der Waals surface area contributed by atoms with Gasteiger partial charge in [0, 0.05) is 18.7 Å². The number of hydrogen-bond acceptors (Lipinski definition) is 4. The molecule has 1 aromatic rings. The van der Waals surface area contributed by atoms with Crippen LogP contribution in [0.3, 0.4) is 0 Å². The summed E-state index contributed by atoms with van der Waals surface area (Å²) in [7, 11) is 0. The van der Waals surface area contributed by atoms with E-state index in [1.165, 1.54) is 0 Å². The molecule has 3 fully saturated rings. The fraction of sp³-hybridized carbons (Fsp3) is 0.696. The van der Waals surface area contributed by atoms with Crippen molar-refractivity contribution in [2.45, 2.75) is 76.3 Å². The number of carbonyl (C=O) groups is 1. The molecule has 0 aliphatic carbocycles. The molecule has 5 nitrogen and oxygen atoms in total. The summed E-state index contributed by atoms with van der Waals surface area (Å²) in [5, 5.41) is 10.3. The first-order valence-corrected chi connectivity index (χ1v) is 10.6. The molecule has 3 atom stereocenters. The maximum atomic E-state index is 12.7. The molecule has 1 amide bonds. The van der Waals surface area contributed by atoms with Crippen molar-refractivity contribution in [2.75, 3.05) is 19.7 Å². The summed E-state index contributed by atoms with van der Waals surface area (Å²) in [5.74, 6) is 0.130. The molecule has 1 aromatic carbocycles. The van der Waals surface area contributed by atoms with Gasteiger partial charge in [-0.2, -0.15) is 0 Å². The summed E-state index contributed by atoms with van der Waals surface area (Å²) in [6, 6.07) is 9.54. The maximum Gasteiger partial charge on any atom is 0.253 e. The Labute approximate surface area is 168 Å². The van der Waals surface area contributed by atoms with Crippen molar-refractivity contribution in [1.82, 2.24) is 4.90 Å². The van der Waals surface area contributed by atoms with Crippen LogP contribution < -0.4 is 0 Å². The van der Waals surface area contributed by atoms with Crippen molar-refractivity contribution < 1.29 is 19.4 Å². The number of rotatable bonds is 3. The minimum absolute atomic E-state index is 0.0659. The van der Waals surface area contributed by atoms with E-state index >= 15 is 0 Å². The molecule has 0 aromatic heterocycles. The van der Waals surface area contributed by atoms with Crippen molar-refractivity contribution in [3.05, 3.63) is 35.9 Å². The van der Waals surface area contributed by atoms with E-state index in [1.807, 2.05) is 49.1 Å². The van der Waals surface area contributed by atoms with E-state index < -0.39 is 5.60 Å². The molecule has 154 valence electrons. The average Bonchev–Trinajstić information content (AvgIpc) is 3.28. The van der Waals surface area contributed by atoms with Crippen LogP contribution in [-0.4, -0.2) is 59.0 Å². The molecule has 28 heavy (non-hydrogen) atoms. The lowest BCUT2D eigenvalue weighted by atomic mass is 9.74. The third-order valence-electron chi connectivity index (χ3n) is 7.12. The van der Waals surface area contributed by atoms with Gasteiger partial charge < -0.3 is 19.5 Å². The van der Waals surface area contributed by atoms with E-state index in [0.29, 0.717) is 0 Å². The van der Waals surface area contributed by atoms with Gasteiger partial charge in [0.2, 0.25) is 0 Å². The third-order valence-corrected chi connectivity index (χ3v) is 7.12. The lowest BCUT2D eigenvalue weighted by Crippen LogP contribution is -2.45.